The van der Waals surface area contributed by atoms with Crippen LogP contribution >= 0.6 is 0 Å². The van der Waals surface area contributed by atoms with Gasteiger partial charge >= 0.3 is 6.09 Å². The smallest absolute Gasteiger partial charge is 0.408 e. The molecule has 6 nitrogen and oxygen atoms in total. The van der Waals surface area contributed by atoms with E-state index >= 15 is 0 Å². The molecule has 0 aromatic carbocycles. The summed E-state index contributed by atoms with van der Waals surface area (Å²) in [6.07, 6.45) is 1.54. The van der Waals surface area contributed by atoms with Crippen molar-refractivity contribution in [3.63, 3.8) is 0 Å². The number of carboxylic acid groups (broad SMARTS) is 1. The molecule has 2 atom stereocenters. The zero-order valence-electron chi connectivity index (χ0n) is 13.4. The molecule has 0 aromatic heterocycles. The fourth-order valence-electron chi connectivity index (χ4n) is 2.46. The molecule has 0 heterocycles. The minimum absolute atomic E-state index is 0.145. The molecule has 0 spiro atoms. The normalized spacial score (nSPS) is 18.0. The lowest BCUT2D eigenvalue weighted by Gasteiger charge is -2.41. The number of carbonyl (C=O) groups is 2. The van der Waals surface area contributed by atoms with Crippen molar-refractivity contribution in [3.8, 4) is 0 Å². The van der Waals surface area contributed by atoms with Gasteiger partial charge in [0, 0.05) is 11.6 Å². The third-order valence-corrected chi connectivity index (χ3v) is 3.67. The molecule has 1 rings (SSSR count). The van der Waals surface area contributed by atoms with Crippen LogP contribution in [0.1, 0.15) is 59.8 Å². The lowest BCUT2D eigenvalue weighted by molar-refractivity contribution is -0.134. The maximum absolute atomic E-state index is 12.1. The van der Waals surface area contributed by atoms with Crippen LogP contribution in [0.15, 0.2) is 0 Å². The predicted molar refractivity (Wildman–Crippen MR) is 80.1 cm³/mol. The van der Waals surface area contributed by atoms with Crippen LogP contribution in [-0.4, -0.2) is 50.8 Å². The number of hydrogen-bond donors (Lipinski definition) is 3. The van der Waals surface area contributed by atoms with Gasteiger partial charge in [-0.1, -0.05) is 19.8 Å². The molecular weight excluding hydrogens is 272 g/mol. The van der Waals surface area contributed by atoms with Crippen LogP contribution < -0.4 is 5.32 Å². The maximum Gasteiger partial charge on any atom is 0.408 e. The molecule has 2 amide bonds. The Morgan fingerprint density at radius 2 is 1.90 bits per heavy atom. The number of hydrogen-bond acceptors (Lipinski definition) is 3. The summed E-state index contributed by atoms with van der Waals surface area (Å²) in [5.41, 5.74) is -0.676. The lowest BCUT2D eigenvalue weighted by Crippen LogP contribution is -2.58. The van der Waals surface area contributed by atoms with Crippen LogP contribution in [-0.2, 0) is 4.79 Å². The molecule has 3 N–H and O–H groups in total. The highest BCUT2D eigenvalue weighted by Crippen LogP contribution is 2.24. The van der Waals surface area contributed by atoms with Gasteiger partial charge in [0.15, 0.2) is 6.10 Å². The summed E-state index contributed by atoms with van der Waals surface area (Å²) in [4.78, 5) is 24.9. The molecule has 0 saturated heterocycles. The van der Waals surface area contributed by atoms with Gasteiger partial charge in [0.05, 0.1) is 6.04 Å². The summed E-state index contributed by atoms with van der Waals surface area (Å²) >= 11 is 0. The van der Waals surface area contributed by atoms with Gasteiger partial charge in [-0.3, -0.25) is 9.69 Å². The summed E-state index contributed by atoms with van der Waals surface area (Å²) in [7, 11) is 0. The molecule has 0 unspecified atom stereocenters. The van der Waals surface area contributed by atoms with E-state index in [1.165, 1.54) is 4.90 Å². The number of rotatable bonds is 7. The van der Waals surface area contributed by atoms with Crippen molar-refractivity contribution in [3.05, 3.63) is 0 Å². The summed E-state index contributed by atoms with van der Waals surface area (Å²) < 4.78 is 0. The Morgan fingerprint density at radius 3 is 2.29 bits per heavy atom. The van der Waals surface area contributed by atoms with E-state index in [0.717, 1.165) is 25.7 Å². The Kier molecular flexibility index (Phi) is 6.01. The van der Waals surface area contributed by atoms with Gasteiger partial charge in [0.1, 0.15) is 0 Å². The quantitative estimate of drug-likeness (QED) is 0.670. The SMILES string of the molecule is CCCC[C@@H]([C@@H](O)C(=O)NC1CC1)N(C(=O)O)C(C)(C)C. The first-order chi connectivity index (χ1) is 9.68. The summed E-state index contributed by atoms with van der Waals surface area (Å²) in [5, 5.41) is 22.6. The van der Waals surface area contributed by atoms with E-state index in [4.69, 9.17) is 0 Å². The first kappa shape index (κ1) is 17.8. The number of unbranched alkanes of at least 4 members (excludes halogenated alkanes) is 1. The number of carbonyl (C=O) groups excluding carboxylic acids is 1. The van der Waals surface area contributed by atoms with Crippen molar-refractivity contribution in [2.75, 3.05) is 0 Å². The van der Waals surface area contributed by atoms with Crippen LogP contribution in [0, 0.1) is 0 Å². The van der Waals surface area contributed by atoms with Crippen molar-refractivity contribution in [2.45, 2.75) is 83.5 Å². The number of aliphatic hydroxyl groups is 1. The Hall–Kier alpha value is -1.30. The fourth-order valence-corrected chi connectivity index (χ4v) is 2.46. The van der Waals surface area contributed by atoms with Crippen LogP contribution in [0.3, 0.4) is 0 Å². The van der Waals surface area contributed by atoms with E-state index in [1.807, 2.05) is 6.92 Å². The zero-order valence-corrected chi connectivity index (χ0v) is 13.4. The van der Waals surface area contributed by atoms with E-state index in [-0.39, 0.29) is 6.04 Å². The van der Waals surface area contributed by atoms with Crippen LogP contribution in [0.25, 0.3) is 0 Å². The highest BCUT2D eigenvalue weighted by molar-refractivity contribution is 5.82. The largest absolute Gasteiger partial charge is 0.465 e. The number of nitrogens with one attached hydrogen (secondary N) is 1. The van der Waals surface area contributed by atoms with Crippen LogP contribution in [0.4, 0.5) is 4.79 Å². The lowest BCUT2D eigenvalue weighted by atomic mass is 9.96. The van der Waals surface area contributed by atoms with E-state index in [9.17, 15) is 19.8 Å². The molecule has 0 aromatic rings. The topological polar surface area (TPSA) is 89.9 Å². The Morgan fingerprint density at radius 1 is 1.33 bits per heavy atom. The molecule has 0 radical (unpaired) electrons. The van der Waals surface area contributed by atoms with E-state index in [2.05, 4.69) is 5.32 Å². The molecule has 6 heteroatoms. The number of aliphatic hydroxyl groups excluding tert-OH is 1. The van der Waals surface area contributed by atoms with Gasteiger partial charge < -0.3 is 15.5 Å². The van der Waals surface area contributed by atoms with E-state index in [1.54, 1.807) is 20.8 Å². The number of amides is 2. The molecule has 1 aliphatic carbocycles. The van der Waals surface area contributed by atoms with Crippen molar-refractivity contribution < 1.29 is 19.8 Å². The van der Waals surface area contributed by atoms with Crippen LogP contribution in [0.2, 0.25) is 0 Å². The van der Waals surface area contributed by atoms with Gasteiger partial charge in [-0.15, -0.1) is 0 Å². The number of nitrogens with zero attached hydrogens (tertiary/aromatic N) is 1. The monoisotopic (exact) mass is 300 g/mol. The first-order valence-electron chi connectivity index (χ1n) is 7.69. The van der Waals surface area contributed by atoms with E-state index < -0.39 is 29.7 Å². The minimum Gasteiger partial charge on any atom is -0.465 e. The first-order valence-corrected chi connectivity index (χ1v) is 7.69. The van der Waals surface area contributed by atoms with Crippen molar-refractivity contribution >= 4 is 12.0 Å². The molecule has 1 saturated carbocycles. The Labute approximate surface area is 126 Å². The molecule has 0 bridgehead atoms. The minimum atomic E-state index is -1.33. The van der Waals surface area contributed by atoms with Crippen molar-refractivity contribution in [2.24, 2.45) is 0 Å². The summed E-state index contributed by atoms with van der Waals surface area (Å²) in [5.74, 6) is -0.464. The molecule has 0 aliphatic heterocycles. The molecule has 1 fully saturated rings. The van der Waals surface area contributed by atoms with E-state index in [0.29, 0.717) is 6.42 Å². The molecule has 122 valence electrons. The highest BCUT2D eigenvalue weighted by atomic mass is 16.4. The third-order valence-electron chi connectivity index (χ3n) is 3.67. The van der Waals surface area contributed by atoms with Gasteiger partial charge in [-0.05, 0) is 40.0 Å². The zero-order chi connectivity index (χ0) is 16.2. The van der Waals surface area contributed by atoms with Gasteiger partial charge in [0.25, 0.3) is 5.91 Å². The second-order valence-electron chi connectivity index (χ2n) is 6.76. The van der Waals surface area contributed by atoms with Gasteiger partial charge in [0.2, 0.25) is 0 Å². The molecular formula is C15H28N2O4. The maximum atomic E-state index is 12.1. The Balaban J connectivity index is 2.89. The van der Waals surface area contributed by atoms with Crippen molar-refractivity contribution in [1.82, 2.24) is 10.2 Å². The van der Waals surface area contributed by atoms with Gasteiger partial charge in [-0.2, -0.15) is 0 Å². The third kappa shape index (κ3) is 5.19. The molecule has 1 aliphatic rings. The highest BCUT2D eigenvalue weighted by Gasteiger charge is 2.40. The average molecular weight is 300 g/mol. The average Bonchev–Trinajstić information content (AvgIpc) is 3.14. The molecule has 21 heavy (non-hydrogen) atoms. The standard InChI is InChI=1S/C15H28N2O4/c1-5-6-7-11(17(14(20)21)15(2,3)4)12(18)13(19)16-10-8-9-10/h10-12,18H,5-9H2,1-4H3,(H,16,19)(H,20,21)/t11-,12+/m0/s1. The second-order valence-corrected chi connectivity index (χ2v) is 6.76. The Bertz CT molecular complexity index is 374. The summed E-state index contributed by atoms with van der Waals surface area (Å²) in [6.45, 7) is 7.30. The predicted octanol–water partition coefficient (Wildman–Crippen LogP) is 1.96. The summed E-state index contributed by atoms with van der Waals surface area (Å²) in [6, 6.07) is -0.576. The second kappa shape index (κ2) is 7.11. The van der Waals surface area contributed by atoms with Crippen LogP contribution in [0.5, 0.6) is 0 Å². The van der Waals surface area contributed by atoms with Crippen molar-refractivity contribution in [1.29, 1.82) is 0 Å². The fraction of sp³-hybridized carbons (Fsp3) is 0.867. The van der Waals surface area contributed by atoms with Gasteiger partial charge in [-0.25, -0.2) is 4.79 Å².